The number of hydrogen-bond donors (Lipinski definition) is 0. The van der Waals surface area contributed by atoms with E-state index in [0.29, 0.717) is 15.7 Å². The lowest BCUT2D eigenvalue weighted by atomic mass is 10.1. The van der Waals surface area contributed by atoms with Crippen LogP contribution in [0.25, 0.3) is 11.4 Å². The fraction of sp³-hybridized carbons (Fsp3) is 0.250. The maximum atomic E-state index is 13.9. The van der Waals surface area contributed by atoms with Gasteiger partial charge in [-0.3, -0.25) is 4.79 Å². The second kappa shape index (κ2) is 8.75. The highest BCUT2D eigenvalue weighted by molar-refractivity contribution is 7.99. The fourth-order valence-corrected chi connectivity index (χ4v) is 3.82. The summed E-state index contributed by atoms with van der Waals surface area (Å²) >= 11 is 7.34. The third-order valence-electron chi connectivity index (χ3n) is 4.43. The minimum atomic E-state index is -0.420. The Kier molecular flexibility index (Phi) is 6.36. The molecule has 0 aliphatic heterocycles. The van der Waals surface area contributed by atoms with Crippen LogP contribution in [0.2, 0.25) is 5.02 Å². The van der Waals surface area contributed by atoms with Gasteiger partial charge in [-0.1, -0.05) is 53.7 Å². The molecule has 0 aliphatic rings. The first kappa shape index (κ1) is 20.4. The van der Waals surface area contributed by atoms with E-state index in [1.54, 1.807) is 19.2 Å². The van der Waals surface area contributed by atoms with Crippen molar-refractivity contribution in [2.45, 2.75) is 18.6 Å². The zero-order valence-electron chi connectivity index (χ0n) is 15.8. The molecule has 3 rings (SSSR count). The lowest BCUT2D eigenvalue weighted by molar-refractivity contribution is -0.127. The lowest BCUT2D eigenvalue weighted by Crippen LogP contribution is -2.28. The molecule has 2 aromatic carbocycles. The minimum absolute atomic E-state index is 0.109. The first-order chi connectivity index (χ1) is 13.4. The van der Waals surface area contributed by atoms with Crippen LogP contribution in [0.5, 0.6) is 0 Å². The number of hydrogen-bond acceptors (Lipinski definition) is 4. The molecule has 1 aromatic heterocycles. The van der Waals surface area contributed by atoms with Crippen molar-refractivity contribution in [2.24, 2.45) is 7.05 Å². The minimum Gasteiger partial charge on any atom is -0.341 e. The van der Waals surface area contributed by atoms with E-state index < -0.39 is 5.82 Å². The molecule has 0 unspecified atom stereocenters. The van der Waals surface area contributed by atoms with Crippen LogP contribution >= 0.6 is 23.4 Å². The smallest absolute Gasteiger partial charge is 0.233 e. The third kappa shape index (κ3) is 4.36. The summed E-state index contributed by atoms with van der Waals surface area (Å²) in [6.07, 6.45) is 0. The van der Waals surface area contributed by atoms with E-state index >= 15 is 0 Å². The maximum absolute atomic E-state index is 13.9. The Bertz CT molecular complexity index is 987. The molecule has 1 amide bonds. The van der Waals surface area contributed by atoms with Crippen molar-refractivity contribution < 1.29 is 9.18 Å². The number of aromatic nitrogens is 3. The molecule has 0 atom stereocenters. The number of halogens is 2. The van der Waals surface area contributed by atoms with Crippen LogP contribution in [0.4, 0.5) is 4.39 Å². The topological polar surface area (TPSA) is 51.0 Å². The quantitative estimate of drug-likeness (QED) is 0.559. The second-order valence-corrected chi connectivity index (χ2v) is 7.77. The number of rotatable bonds is 6. The average Bonchev–Trinajstić information content (AvgIpc) is 3.03. The zero-order valence-corrected chi connectivity index (χ0v) is 17.4. The van der Waals surface area contributed by atoms with E-state index in [1.165, 1.54) is 22.7 Å². The average molecular weight is 419 g/mol. The zero-order chi connectivity index (χ0) is 20.3. The van der Waals surface area contributed by atoms with Crippen molar-refractivity contribution in [1.29, 1.82) is 0 Å². The van der Waals surface area contributed by atoms with E-state index in [1.807, 2.05) is 42.8 Å². The first-order valence-electron chi connectivity index (χ1n) is 8.63. The Morgan fingerprint density at radius 1 is 1.21 bits per heavy atom. The molecule has 146 valence electrons. The van der Waals surface area contributed by atoms with Crippen molar-refractivity contribution >= 4 is 29.3 Å². The van der Waals surface area contributed by atoms with Gasteiger partial charge in [-0.05, 0) is 24.6 Å². The Hall–Kier alpha value is -2.38. The highest BCUT2D eigenvalue weighted by atomic mass is 35.5. The molecule has 1 heterocycles. The highest BCUT2D eigenvalue weighted by Crippen LogP contribution is 2.25. The van der Waals surface area contributed by atoms with E-state index in [9.17, 15) is 9.18 Å². The van der Waals surface area contributed by atoms with Crippen molar-refractivity contribution in [1.82, 2.24) is 19.7 Å². The van der Waals surface area contributed by atoms with Gasteiger partial charge < -0.3 is 9.47 Å². The van der Waals surface area contributed by atoms with Gasteiger partial charge in [0.1, 0.15) is 5.82 Å². The summed E-state index contributed by atoms with van der Waals surface area (Å²) in [5, 5.41) is 9.41. The highest BCUT2D eigenvalue weighted by Gasteiger charge is 2.17. The van der Waals surface area contributed by atoms with Crippen LogP contribution in [-0.4, -0.2) is 38.4 Å². The Morgan fingerprint density at radius 3 is 2.68 bits per heavy atom. The Labute approximate surface area is 172 Å². The van der Waals surface area contributed by atoms with Crippen LogP contribution in [-0.2, 0) is 18.4 Å². The Balaban J connectivity index is 1.66. The second-order valence-electron chi connectivity index (χ2n) is 6.42. The van der Waals surface area contributed by atoms with Gasteiger partial charge in [-0.25, -0.2) is 4.39 Å². The number of thioether (sulfide) groups is 1. The first-order valence-corrected chi connectivity index (χ1v) is 10.00. The van der Waals surface area contributed by atoms with Gasteiger partial charge >= 0.3 is 0 Å². The molecule has 0 saturated heterocycles. The molecular weight excluding hydrogens is 399 g/mol. The summed E-state index contributed by atoms with van der Waals surface area (Å²) in [6, 6.07) is 12.4. The van der Waals surface area contributed by atoms with Crippen LogP contribution < -0.4 is 0 Å². The van der Waals surface area contributed by atoms with Crippen LogP contribution in [0, 0.1) is 12.7 Å². The van der Waals surface area contributed by atoms with Crippen molar-refractivity contribution in [2.75, 3.05) is 12.8 Å². The van der Waals surface area contributed by atoms with Gasteiger partial charge in [0.05, 0.1) is 5.75 Å². The number of carbonyl (C=O) groups excluding carboxylic acids is 1. The van der Waals surface area contributed by atoms with Gasteiger partial charge in [0.15, 0.2) is 11.0 Å². The van der Waals surface area contributed by atoms with Crippen LogP contribution in [0.1, 0.15) is 11.1 Å². The molecule has 8 heteroatoms. The number of carbonyl (C=O) groups is 1. The van der Waals surface area contributed by atoms with Crippen molar-refractivity contribution in [3.63, 3.8) is 0 Å². The number of aryl methyl sites for hydroxylation is 1. The van der Waals surface area contributed by atoms with E-state index in [-0.39, 0.29) is 18.2 Å². The normalized spacial score (nSPS) is 10.9. The maximum Gasteiger partial charge on any atom is 0.233 e. The van der Waals surface area contributed by atoms with Gasteiger partial charge in [-0.15, -0.1) is 10.2 Å². The molecule has 0 fully saturated rings. The molecule has 3 aromatic rings. The lowest BCUT2D eigenvalue weighted by Gasteiger charge is -2.18. The van der Waals surface area contributed by atoms with E-state index in [2.05, 4.69) is 10.2 Å². The molecule has 0 spiro atoms. The molecule has 28 heavy (non-hydrogen) atoms. The molecule has 0 bridgehead atoms. The van der Waals surface area contributed by atoms with E-state index in [0.717, 1.165) is 17.0 Å². The van der Waals surface area contributed by atoms with Gasteiger partial charge in [-0.2, -0.15) is 0 Å². The van der Waals surface area contributed by atoms with Gasteiger partial charge in [0.25, 0.3) is 0 Å². The molecule has 5 nitrogen and oxygen atoms in total. The summed E-state index contributed by atoms with van der Waals surface area (Å²) < 4.78 is 15.8. The predicted molar refractivity (Wildman–Crippen MR) is 110 cm³/mol. The standard InChI is InChI=1S/C20H20ClFN4OS/c1-13-7-4-5-8-14(13)19-23-24-20(26(19)3)28-12-18(27)25(2)11-15-16(21)9-6-10-17(15)22/h4-10H,11-12H2,1-3H3. The van der Waals surface area contributed by atoms with Crippen LogP contribution in [0.3, 0.4) is 0 Å². The number of nitrogens with zero attached hydrogens (tertiary/aromatic N) is 4. The fourth-order valence-electron chi connectivity index (χ4n) is 2.74. The predicted octanol–water partition coefficient (Wildman–Crippen LogP) is 4.33. The number of benzene rings is 2. The molecule has 0 radical (unpaired) electrons. The summed E-state index contributed by atoms with van der Waals surface area (Å²) in [6.45, 7) is 2.13. The Morgan fingerprint density at radius 2 is 1.96 bits per heavy atom. The van der Waals surface area contributed by atoms with Crippen molar-refractivity contribution in [3.05, 3.63) is 64.4 Å². The molecular formula is C20H20ClFN4OS. The molecule has 0 saturated carbocycles. The van der Waals surface area contributed by atoms with Gasteiger partial charge in [0, 0.05) is 36.8 Å². The SMILES string of the molecule is Cc1ccccc1-c1nnc(SCC(=O)N(C)Cc2c(F)cccc2Cl)n1C. The largest absolute Gasteiger partial charge is 0.341 e. The van der Waals surface area contributed by atoms with Crippen LogP contribution in [0.15, 0.2) is 47.6 Å². The molecule has 0 aliphatic carbocycles. The monoisotopic (exact) mass is 418 g/mol. The van der Waals surface area contributed by atoms with E-state index in [4.69, 9.17) is 11.6 Å². The van der Waals surface area contributed by atoms with Crippen molar-refractivity contribution in [3.8, 4) is 11.4 Å². The van der Waals surface area contributed by atoms with Gasteiger partial charge in [0.2, 0.25) is 5.91 Å². The third-order valence-corrected chi connectivity index (χ3v) is 5.79. The summed E-state index contributed by atoms with van der Waals surface area (Å²) in [5.74, 6) is 0.350. The molecule has 0 N–H and O–H groups in total. The number of amides is 1. The summed E-state index contributed by atoms with van der Waals surface area (Å²) in [5.41, 5.74) is 2.42. The summed E-state index contributed by atoms with van der Waals surface area (Å²) in [4.78, 5) is 13.9. The summed E-state index contributed by atoms with van der Waals surface area (Å²) in [7, 11) is 3.50.